The minimum Gasteiger partial charge on any atom is -0.453 e. The molecule has 202 valence electrons. The Labute approximate surface area is 220 Å². The van der Waals surface area contributed by atoms with Crippen molar-refractivity contribution in [3.05, 3.63) is 76.6 Å². The standard InChI is InChI=1S/C25H21F2N5O6S/c26-25(27)10-14(11-25)12-30-19-5-4-17(9-20(19)32(34)35)39(36,37)21-3-1-2-18(23(28)33)22(21)38-16-8-15-6-7-29-24(15)31-13-16/h1-9,13-14,30H,10-12H2,(H2,28,33)(H,29,31). The summed E-state index contributed by atoms with van der Waals surface area (Å²) in [6, 6.07) is 10.3. The van der Waals surface area contributed by atoms with E-state index in [1.54, 1.807) is 18.3 Å². The molecule has 0 radical (unpaired) electrons. The van der Waals surface area contributed by atoms with Gasteiger partial charge in [-0.25, -0.2) is 22.2 Å². The number of aromatic amines is 1. The normalized spacial score (nSPS) is 15.0. The van der Waals surface area contributed by atoms with Crippen molar-refractivity contribution in [2.45, 2.75) is 28.6 Å². The Bertz CT molecular complexity index is 1720. The second kappa shape index (κ2) is 9.62. The Hall–Kier alpha value is -4.59. The third-order valence-electron chi connectivity index (χ3n) is 6.36. The lowest BCUT2D eigenvalue weighted by Gasteiger charge is -2.35. The average molecular weight is 558 g/mol. The van der Waals surface area contributed by atoms with E-state index in [1.807, 2.05) is 0 Å². The summed E-state index contributed by atoms with van der Waals surface area (Å²) in [5.41, 5.74) is 5.25. The summed E-state index contributed by atoms with van der Waals surface area (Å²) in [6.45, 7) is 0.0701. The van der Waals surface area contributed by atoms with Crippen LogP contribution in [0.15, 0.2) is 70.7 Å². The fraction of sp³-hybridized carbons (Fsp3) is 0.200. The monoisotopic (exact) mass is 557 g/mol. The largest absolute Gasteiger partial charge is 0.453 e. The summed E-state index contributed by atoms with van der Waals surface area (Å²) in [5.74, 6) is -4.29. The minimum absolute atomic E-state index is 0.0117. The molecule has 1 aliphatic rings. The number of para-hydroxylation sites is 1. The summed E-state index contributed by atoms with van der Waals surface area (Å²) < 4.78 is 59.5. The lowest BCUT2D eigenvalue weighted by atomic mass is 9.81. The number of hydrogen-bond acceptors (Lipinski definition) is 8. The first-order chi connectivity index (χ1) is 18.4. The van der Waals surface area contributed by atoms with Gasteiger partial charge in [0.1, 0.15) is 22.0 Å². The van der Waals surface area contributed by atoms with Crippen molar-refractivity contribution >= 4 is 38.2 Å². The number of halogens is 2. The molecule has 2 heterocycles. The molecule has 0 aliphatic heterocycles. The molecule has 0 spiro atoms. The Balaban J connectivity index is 1.51. The van der Waals surface area contributed by atoms with E-state index < -0.39 is 42.1 Å². The summed E-state index contributed by atoms with van der Waals surface area (Å²) in [5, 5.41) is 15.2. The van der Waals surface area contributed by atoms with Crippen LogP contribution in [-0.2, 0) is 9.84 Å². The predicted octanol–water partition coefficient (Wildman–Crippen LogP) is 4.65. The molecule has 1 aliphatic carbocycles. The number of carbonyl (C=O) groups excluding carboxylic acids is 1. The lowest BCUT2D eigenvalue weighted by molar-refractivity contribution is -0.384. The molecule has 1 fully saturated rings. The van der Waals surface area contributed by atoms with Gasteiger partial charge in [0, 0.05) is 37.0 Å². The molecular weight excluding hydrogens is 536 g/mol. The summed E-state index contributed by atoms with van der Waals surface area (Å²) in [7, 11) is -4.48. The fourth-order valence-electron chi connectivity index (χ4n) is 4.41. The van der Waals surface area contributed by atoms with Gasteiger partial charge < -0.3 is 20.8 Å². The number of pyridine rings is 1. The molecular formula is C25H21F2N5O6S. The molecule has 2 aromatic carbocycles. The van der Waals surface area contributed by atoms with Crippen LogP contribution in [0, 0.1) is 16.0 Å². The van der Waals surface area contributed by atoms with Gasteiger partial charge >= 0.3 is 0 Å². The highest BCUT2D eigenvalue weighted by molar-refractivity contribution is 7.91. The van der Waals surface area contributed by atoms with Crippen molar-refractivity contribution < 1.29 is 31.7 Å². The molecule has 1 amide bonds. The van der Waals surface area contributed by atoms with Crippen LogP contribution in [-0.4, -0.2) is 41.7 Å². The molecule has 0 bridgehead atoms. The summed E-state index contributed by atoms with van der Waals surface area (Å²) in [6.07, 6.45) is 2.33. The van der Waals surface area contributed by atoms with Gasteiger partial charge in [0.25, 0.3) is 11.6 Å². The number of sulfone groups is 1. The number of alkyl halides is 2. The number of nitro groups is 1. The number of fused-ring (bicyclic) bond motifs is 1. The van der Waals surface area contributed by atoms with E-state index in [4.69, 9.17) is 10.5 Å². The number of H-pyrrole nitrogens is 1. The number of nitrogens with two attached hydrogens (primary N) is 1. The Morgan fingerprint density at radius 2 is 2.00 bits per heavy atom. The topological polar surface area (TPSA) is 170 Å². The van der Waals surface area contributed by atoms with Gasteiger partial charge in [0.15, 0.2) is 5.75 Å². The number of primary amides is 1. The molecule has 2 aromatic heterocycles. The van der Waals surface area contributed by atoms with Crippen LogP contribution in [0.3, 0.4) is 0 Å². The van der Waals surface area contributed by atoms with Gasteiger partial charge in [-0.3, -0.25) is 14.9 Å². The molecule has 1 saturated carbocycles. The number of ether oxygens (including phenoxy) is 1. The maximum atomic E-state index is 13.7. The minimum atomic E-state index is -4.48. The van der Waals surface area contributed by atoms with E-state index in [2.05, 4.69) is 15.3 Å². The first kappa shape index (κ1) is 26.0. The number of benzene rings is 2. The van der Waals surface area contributed by atoms with Crippen molar-refractivity contribution in [2.24, 2.45) is 11.7 Å². The third-order valence-corrected chi connectivity index (χ3v) is 8.14. The Morgan fingerprint density at radius 1 is 1.23 bits per heavy atom. The maximum absolute atomic E-state index is 13.7. The molecule has 0 unspecified atom stereocenters. The Morgan fingerprint density at radius 3 is 2.69 bits per heavy atom. The molecule has 39 heavy (non-hydrogen) atoms. The van der Waals surface area contributed by atoms with Crippen LogP contribution < -0.4 is 15.8 Å². The van der Waals surface area contributed by atoms with Gasteiger partial charge in [0.05, 0.1) is 21.6 Å². The zero-order valence-corrected chi connectivity index (χ0v) is 20.9. The van der Waals surface area contributed by atoms with Crippen LogP contribution in [0.5, 0.6) is 11.5 Å². The number of nitrogens with zero attached hydrogens (tertiary/aromatic N) is 2. The van der Waals surface area contributed by atoms with Gasteiger partial charge in [-0.05, 0) is 42.3 Å². The van der Waals surface area contributed by atoms with Crippen molar-refractivity contribution in [2.75, 3.05) is 11.9 Å². The first-order valence-corrected chi connectivity index (χ1v) is 13.1. The highest BCUT2D eigenvalue weighted by atomic mass is 32.2. The van der Waals surface area contributed by atoms with Crippen molar-refractivity contribution in [3.63, 3.8) is 0 Å². The fourth-order valence-corrected chi connectivity index (χ4v) is 5.83. The molecule has 0 saturated heterocycles. The van der Waals surface area contributed by atoms with E-state index in [0.29, 0.717) is 11.0 Å². The van der Waals surface area contributed by atoms with Crippen LogP contribution in [0.4, 0.5) is 20.2 Å². The SMILES string of the molecule is NC(=O)c1cccc(S(=O)(=O)c2ccc(NCC3CC(F)(F)C3)c([N+](=O)[O-])c2)c1Oc1cnc2[nH]ccc2c1. The van der Waals surface area contributed by atoms with Gasteiger partial charge in [0.2, 0.25) is 15.8 Å². The number of anilines is 1. The van der Waals surface area contributed by atoms with Crippen molar-refractivity contribution in [1.82, 2.24) is 9.97 Å². The number of rotatable bonds is 9. The zero-order valence-electron chi connectivity index (χ0n) is 20.1. The lowest BCUT2D eigenvalue weighted by Crippen LogP contribution is -2.39. The second-order valence-corrected chi connectivity index (χ2v) is 11.1. The highest BCUT2D eigenvalue weighted by Gasteiger charge is 2.45. The molecule has 11 nitrogen and oxygen atoms in total. The second-order valence-electron chi connectivity index (χ2n) is 9.14. The number of hydrogen-bond donors (Lipinski definition) is 3. The summed E-state index contributed by atoms with van der Waals surface area (Å²) >= 11 is 0. The third kappa shape index (κ3) is 5.10. The van der Waals surface area contributed by atoms with Crippen LogP contribution in [0.2, 0.25) is 0 Å². The number of aromatic nitrogens is 2. The predicted molar refractivity (Wildman–Crippen MR) is 136 cm³/mol. The number of amides is 1. The van der Waals surface area contributed by atoms with E-state index in [1.165, 1.54) is 30.5 Å². The highest BCUT2D eigenvalue weighted by Crippen LogP contribution is 2.43. The summed E-state index contributed by atoms with van der Waals surface area (Å²) in [4.78, 5) is 29.4. The smallest absolute Gasteiger partial charge is 0.293 e. The number of nitrogens with one attached hydrogen (secondary N) is 2. The molecule has 14 heteroatoms. The van der Waals surface area contributed by atoms with E-state index in [-0.39, 0.29) is 48.1 Å². The van der Waals surface area contributed by atoms with Crippen molar-refractivity contribution in [3.8, 4) is 11.5 Å². The average Bonchev–Trinajstić information content (AvgIpc) is 3.34. The number of carbonyl (C=O) groups is 1. The van der Waals surface area contributed by atoms with Crippen molar-refractivity contribution in [1.29, 1.82) is 0 Å². The molecule has 0 atom stereocenters. The maximum Gasteiger partial charge on any atom is 0.293 e. The first-order valence-electron chi connectivity index (χ1n) is 11.6. The van der Waals surface area contributed by atoms with Crippen LogP contribution >= 0.6 is 0 Å². The Kier molecular flexibility index (Phi) is 6.42. The molecule has 4 N–H and O–H groups in total. The van der Waals surface area contributed by atoms with E-state index >= 15 is 0 Å². The van der Waals surface area contributed by atoms with E-state index in [0.717, 1.165) is 12.1 Å². The van der Waals surface area contributed by atoms with E-state index in [9.17, 15) is 32.1 Å². The zero-order chi connectivity index (χ0) is 27.9. The van der Waals surface area contributed by atoms with Gasteiger partial charge in [-0.2, -0.15) is 0 Å². The van der Waals surface area contributed by atoms with Crippen LogP contribution in [0.1, 0.15) is 23.2 Å². The quantitative estimate of drug-likeness (QED) is 0.197. The number of nitro benzene ring substituents is 1. The van der Waals surface area contributed by atoms with Gasteiger partial charge in [-0.15, -0.1) is 0 Å². The van der Waals surface area contributed by atoms with Crippen LogP contribution in [0.25, 0.3) is 11.0 Å². The molecule has 4 aromatic rings. The molecule has 5 rings (SSSR count). The van der Waals surface area contributed by atoms with Gasteiger partial charge in [-0.1, -0.05) is 6.07 Å².